The largest absolute Gasteiger partial charge is 0.449 e. The van der Waals surface area contributed by atoms with Crippen molar-refractivity contribution in [3.05, 3.63) is 94.0 Å². The Labute approximate surface area is 203 Å². The molecule has 0 aliphatic heterocycles. The van der Waals surface area contributed by atoms with Gasteiger partial charge in [0, 0.05) is 28.6 Å². The fourth-order valence-electron chi connectivity index (χ4n) is 4.32. The van der Waals surface area contributed by atoms with Gasteiger partial charge in [0.2, 0.25) is 0 Å². The molecule has 7 heteroatoms. The lowest BCUT2D eigenvalue weighted by Crippen LogP contribution is -2.30. The first-order chi connectivity index (χ1) is 16.4. The van der Waals surface area contributed by atoms with Crippen LogP contribution in [-0.2, 0) is 4.74 Å². The number of fused-ring (bicyclic) bond motifs is 3. The van der Waals surface area contributed by atoms with E-state index in [2.05, 4.69) is 17.4 Å². The van der Waals surface area contributed by atoms with Crippen molar-refractivity contribution < 1.29 is 24.5 Å². The molecule has 1 aliphatic carbocycles. The molecule has 3 aromatic carbocycles. The number of hydrogen-bond acceptors (Lipinski definition) is 5. The van der Waals surface area contributed by atoms with E-state index < -0.39 is 18.3 Å². The van der Waals surface area contributed by atoms with Crippen LogP contribution >= 0.6 is 11.6 Å². The second kappa shape index (κ2) is 10.4. The summed E-state index contributed by atoms with van der Waals surface area (Å²) in [6, 6.07) is 20.7. The summed E-state index contributed by atoms with van der Waals surface area (Å²) in [5.41, 5.74) is 5.30. The maximum atomic E-state index is 12.3. The Bertz CT molecular complexity index is 1170. The average molecular weight is 480 g/mol. The van der Waals surface area contributed by atoms with Crippen molar-refractivity contribution >= 4 is 23.5 Å². The molecular weight excluding hydrogens is 454 g/mol. The molecule has 3 N–H and O–H groups in total. The Morgan fingerprint density at radius 2 is 1.62 bits per heavy atom. The topological polar surface area (TPSA) is 95.9 Å². The summed E-state index contributed by atoms with van der Waals surface area (Å²) in [7, 11) is 0. The molecule has 2 unspecified atom stereocenters. The number of alkyl carbamates (subject to hydrolysis) is 1. The van der Waals surface area contributed by atoms with E-state index in [9.17, 15) is 19.8 Å². The molecule has 0 aromatic heterocycles. The molecule has 34 heavy (non-hydrogen) atoms. The quantitative estimate of drug-likeness (QED) is 0.401. The second-order valence-electron chi connectivity index (χ2n) is 8.35. The standard InChI is InChI=1S/C27H26ClNO5/c1-16(30)17-10-11-22(24(28)14-17)26(32)25(31)12-13-29-27(33)34-15-23-20-8-4-2-6-18(20)19-7-3-5-9-21(19)23/h2-11,14,23,25-26,31-32H,12-13,15H2,1H3,(H,29,33). The van der Waals surface area contributed by atoms with Crippen LogP contribution < -0.4 is 5.32 Å². The normalized spacial score (nSPS) is 14.1. The van der Waals surface area contributed by atoms with E-state index in [1.807, 2.05) is 36.4 Å². The number of Topliss-reactive ketones (excluding diaryl/α,β-unsaturated/α-hetero) is 1. The van der Waals surface area contributed by atoms with Crippen LogP contribution in [0.25, 0.3) is 11.1 Å². The molecule has 0 bridgehead atoms. The van der Waals surface area contributed by atoms with E-state index in [4.69, 9.17) is 16.3 Å². The van der Waals surface area contributed by atoms with E-state index in [0.29, 0.717) is 11.1 Å². The Morgan fingerprint density at radius 3 is 2.21 bits per heavy atom. The summed E-state index contributed by atoms with van der Waals surface area (Å²) in [4.78, 5) is 23.7. The third kappa shape index (κ3) is 4.99. The first kappa shape index (κ1) is 24.0. The predicted octanol–water partition coefficient (Wildman–Crippen LogP) is 4.87. The minimum atomic E-state index is -1.25. The van der Waals surface area contributed by atoms with Crippen LogP contribution in [0.15, 0.2) is 66.7 Å². The van der Waals surface area contributed by atoms with Gasteiger partial charge in [0.05, 0.1) is 6.10 Å². The minimum absolute atomic E-state index is 0.0364. The summed E-state index contributed by atoms with van der Waals surface area (Å²) in [5, 5.41) is 23.6. The van der Waals surface area contributed by atoms with Gasteiger partial charge in [-0.05, 0) is 41.7 Å². The lowest BCUT2D eigenvalue weighted by molar-refractivity contribution is 0.0137. The van der Waals surface area contributed by atoms with Crippen LogP contribution in [-0.4, -0.2) is 41.3 Å². The molecule has 0 saturated carbocycles. The van der Waals surface area contributed by atoms with Crippen molar-refractivity contribution in [3.8, 4) is 11.1 Å². The first-order valence-corrected chi connectivity index (χ1v) is 11.5. The summed E-state index contributed by atoms with van der Waals surface area (Å²) in [6.07, 6.45) is -2.91. The summed E-state index contributed by atoms with van der Waals surface area (Å²) >= 11 is 6.16. The maximum Gasteiger partial charge on any atom is 0.407 e. The molecule has 4 rings (SSSR count). The lowest BCUT2D eigenvalue weighted by atomic mass is 9.98. The molecule has 0 spiro atoms. The van der Waals surface area contributed by atoms with Crippen LogP contribution in [0.3, 0.4) is 0 Å². The van der Waals surface area contributed by atoms with Gasteiger partial charge in [-0.1, -0.05) is 72.3 Å². The van der Waals surface area contributed by atoms with Crippen molar-refractivity contribution in [2.24, 2.45) is 0 Å². The molecule has 3 aromatic rings. The fraction of sp³-hybridized carbons (Fsp3) is 0.259. The van der Waals surface area contributed by atoms with Gasteiger partial charge < -0.3 is 20.3 Å². The number of amides is 1. The minimum Gasteiger partial charge on any atom is -0.449 e. The van der Waals surface area contributed by atoms with E-state index >= 15 is 0 Å². The number of aliphatic hydroxyl groups is 2. The monoisotopic (exact) mass is 479 g/mol. The molecule has 6 nitrogen and oxygen atoms in total. The SMILES string of the molecule is CC(=O)c1ccc(C(O)C(O)CCNC(=O)OCC2c3ccccc3-c3ccccc32)c(Cl)c1. The number of rotatable bonds is 8. The number of benzene rings is 3. The number of carbonyl (C=O) groups excluding carboxylic acids is 2. The van der Waals surface area contributed by atoms with E-state index in [-0.39, 0.29) is 36.3 Å². The number of halogens is 1. The highest BCUT2D eigenvalue weighted by atomic mass is 35.5. The second-order valence-corrected chi connectivity index (χ2v) is 8.75. The van der Waals surface area contributed by atoms with E-state index in [1.54, 1.807) is 6.07 Å². The van der Waals surface area contributed by atoms with Crippen LogP contribution in [0.2, 0.25) is 5.02 Å². The zero-order chi connectivity index (χ0) is 24.2. The molecule has 1 amide bonds. The predicted molar refractivity (Wildman–Crippen MR) is 130 cm³/mol. The molecule has 0 heterocycles. The van der Waals surface area contributed by atoms with Gasteiger partial charge in [0.25, 0.3) is 0 Å². The highest BCUT2D eigenvalue weighted by Gasteiger charge is 2.29. The maximum absolute atomic E-state index is 12.3. The Kier molecular flexibility index (Phi) is 7.32. The molecule has 0 fully saturated rings. The Morgan fingerprint density at radius 1 is 1.00 bits per heavy atom. The van der Waals surface area contributed by atoms with Gasteiger partial charge in [-0.2, -0.15) is 0 Å². The lowest BCUT2D eigenvalue weighted by Gasteiger charge is -2.20. The summed E-state index contributed by atoms with van der Waals surface area (Å²) in [5.74, 6) is -0.179. The van der Waals surface area contributed by atoms with Gasteiger partial charge in [0.1, 0.15) is 12.7 Å². The van der Waals surface area contributed by atoms with E-state index in [1.165, 1.54) is 19.1 Å². The van der Waals surface area contributed by atoms with E-state index in [0.717, 1.165) is 22.3 Å². The third-order valence-corrected chi connectivity index (χ3v) is 6.47. The highest BCUT2D eigenvalue weighted by molar-refractivity contribution is 6.31. The zero-order valence-corrected chi connectivity index (χ0v) is 19.5. The van der Waals surface area contributed by atoms with Crippen LogP contribution in [0.1, 0.15) is 52.4 Å². The molecular formula is C27H26ClNO5. The number of aliphatic hydroxyl groups excluding tert-OH is 2. The number of ether oxygens (including phenoxy) is 1. The molecule has 176 valence electrons. The summed E-state index contributed by atoms with van der Waals surface area (Å²) < 4.78 is 5.47. The molecule has 0 radical (unpaired) electrons. The van der Waals surface area contributed by atoms with Crippen LogP contribution in [0, 0.1) is 0 Å². The highest BCUT2D eigenvalue weighted by Crippen LogP contribution is 2.44. The number of carbonyl (C=O) groups is 2. The third-order valence-electron chi connectivity index (χ3n) is 6.14. The fourth-order valence-corrected chi connectivity index (χ4v) is 4.62. The van der Waals surface area contributed by atoms with Crippen LogP contribution in [0.5, 0.6) is 0 Å². The van der Waals surface area contributed by atoms with Crippen molar-refractivity contribution in [2.75, 3.05) is 13.2 Å². The van der Waals surface area contributed by atoms with Crippen LogP contribution in [0.4, 0.5) is 4.79 Å². The number of hydrogen-bond donors (Lipinski definition) is 3. The number of nitrogens with one attached hydrogen (secondary N) is 1. The molecule has 2 atom stereocenters. The molecule has 1 aliphatic rings. The van der Waals surface area contributed by atoms with Gasteiger partial charge >= 0.3 is 6.09 Å². The van der Waals surface area contributed by atoms with Gasteiger partial charge in [-0.25, -0.2) is 4.79 Å². The van der Waals surface area contributed by atoms with Crippen molar-refractivity contribution in [2.45, 2.75) is 31.5 Å². The summed E-state index contributed by atoms with van der Waals surface area (Å²) in [6.45, 7) is 1.73. The van der Waals surface area contributed by atoms with Crippen molar-refractivity contribution in [1.82, 2.24) is 5.32 Å². The van der Waals surface area contributed by atoms with Gasteiger partial charge in [-0.3, -0.25) is 4.79 Å². The van der Waals surface area contributed by atoms with Gasteiger partial charge in [-0.15, -0.1) is 0 Å². The smallest absolute Gasteiger partial charge is 0.407 e. The Balaban J connectivity index is 1.28. The van der Waals surface area contributed by atoms with Gasteiger partial charge in [0.15, 0.2) is 5.78 Å². The molecule has 0 saturated heterocycles. The van der Waals surface area contributed by atoms with Crippen molar-refractivity contribution in [3.63, 3.8) is 0 Å². The first-order valence-electron chi connectivity index (χ1n) is 11.1. The number of ketones is 1. The zero-order valence-electron chi connectivity index (χ0n) is 18.7. The average Bonchev–Trinajstić information content (AvgIpc) is 3.16. The van der Waals surface area contributed by atoms with Crippen molar-refractivity contribution in [1.29, 1.82) is 0 Å². The Hall–Kier alpha value is -3.19.